The van der Waals surface area contributed by atoms with Crippen molar-refractivity contribution < 1.29 is 4.39 Å². The number of nitrogens with zero attached hydrogens (tertiary/aromatic N) is 1. The molecule has 0 aliphatic heterocycles. The van der Waals surface area contributed by atoms with Crippen LogP contribution in [0.15, 0.2) is 22.7 Å². The average molecular weight is 342 g/mol. The molecule has 1 aliphatic rings. The number of rotatable bonds is 6. The van der Waals surface area contributed by atoms with Gasteiger partial charge >= 0.3 is 0 Å². The Morgan fingerprint density at radius 1 is 1.30 bits per heavy atom. The third-order valence-electron chi connectivity index (χ3n) is 4.22. The van der Waals surface area contributed by atoms with Gasteiger partial charge in [0, 0.05) is 22.6 Å². The van der Waals surface area contributed by atoms with Crippen LogP contribution in [0.3, 0.4) is 0 Å². The van der Waals surface area contributed by atoms with Crippen LogP contribution in [0.2, 0.25) is 0 Å². The van der Waals surface area contributed by atoms with Gasteiger partial charge in [0.25, 0.3) is 0 Å². The molecule has 1 nitrogen and oxygen atoms in total. The fourth-order valence-corrected chi connectivity index (χ4v) is 3.29. The molecule has 0 saturated heterocycles. The monoisotopic (exact) mass is 341 g/mol. The molecule has 112 valence electrons. The second-order valence-corrected chi connectivity index (χ2v) is 7.24. The zero-order valence-electron chi connectivity index (χ0n) is 12.5. The molecule has 1 aromatic rings. The highest BCUT2D eigenvalue weighted by Crippen LogP contribution is 2.26. The summed E-state index contributed by atoms with van der Waals surface area (Å²) in [5.74, 6) is 0.612. The van der Waals surface area contributed by atoms with E-state index in [9.17, 15) is 4.39 Å². The smallest absolute Gasteiger partial charge is 0.128 e. The van der Waals surface area contributed by atoms with Crippen LogP contribution < -0.4 is 0 Å². The van der Waals surface area contributed by atoms with E-state index in [1.54, 1.807) is 6.07 Å². The van der Waals surface area contributed by atoms with Crippen molar-refractivity contribution in [3.63, 3.8) is 0 Å². The second kappa shape index (κ2) is 7.56. The van der Waals surface area contributed by atoms with E-state index in [1.165, 1.54) is 32.1 Å². The van der Waals surface area contributed by atoms with Gasteiger partial charge in [-0.2, -0.15) is 0 Å². The van der Waals surface area contributed by atoms with Crippen molar-refractivity contribution in [2.45, 2.75) is 58.5 Å². The maximum atomic E-state index is 14.0. The number of benzene rings is 1. The minimum absolute atomic E-state index is 0.0908. The molecule has 3 heteroatoms. The highest BCUT2D eigenvalue weighted by molar-refractivity contribution is 9.10. The van der Waals surface area contributed by atoms with Crippen LogP contribution >= 0.6 is 15.9 Å². The lowest BCUT2D eigenvalue weighted by Gasteiger charge is -2.29. The van der Waals surface area contributed by atoms with Crippen molar-refractivity contribution in [2.24, 2.45) is 5.92 Å². The van der Waals surface area contributed by atoms with Gasteiger partial charge in [-0.3, -0.25) is 4.90 Å². The van der Waals surface area contributed by atoms with E-state index in [1.807, 2.05) is 12.1 Å². The highest BCUT2D eigenvalue weighted by atomic mass is 79.9. The van der Waals surface area contributed by atoms with Crippen LogP contribution in [0, 0.1) is 11.7 Å². The minimum Gasteiger partial charge on any atom is -0.296 e. The summed E-state index contributed by atoms with van der Waals surface area (Å²) in [6, 6.07) is 6.08. The Bertz CT molecular complexity index is 427. The largest absolute Gasteiger partial charge is 0.296 e. The Hall–Kier alpha value is -0.410. The first-order valence-electron chi connectivity index (χ1n) is 7.74. The van der Waals surface area contributed by atoms with Crippen LogP contribution in [-0.2, 0) is 6.54 Å². The Morgan fingerprint density at radius 3 is 2.60 bits per heavy atom. The topological polar surface area (TPSA) is 3.24 Å². The Balaban J connectivity index is 2.05. The fourth-order valence-electron chi connectivity index (χ4n) is 2.95. The third-order valence-corrected chi connectivity index (χ3v) is 4.72. The lowest BCUT2D eigenvalue weighted by Crippen LogP contribution is -2.34. The van der Waals surface area contributed by atoms with Crippen LogP contribution in [-0.4, -0.2) is 17.5 Å². The van der Waals surface area contributed by atoms with E-state index in [-0.39, 0.29) is 5.82 Å². The predicted octanol–water partition coefficient (Wildman–Crippen LogP) is 5.38. The molecule has 1 aliphatic carbocycles. The van der Waals surface area contributed by atoms with E-state index in [2.05, 4.69) is 34.7 Å². The number of hydrogen-bond acceptors (Lipinski definition) is 1. The van der Waals surface area contributed by atoms with Gasteiger partial charge in [-0.15, -0.1) is 0 Å². The molecule has 0 bridgehead atoms. The Morgan fingerprint density at radius 2 is 2.00 bits per heavy atom. The van der Waals surface area contributed by atoms with Crippen molar-refractivity contribution in [1.82, 2.24) is 4.90 Å². The first-order chi connectivity index (χ1) is 9.56. The molecule has 0 aromatic heterocycles. The Kier molecular flexibility index (Phi) is 6.03. The average Bonchev–Trinajstić information content (AvgIpc) is 2.90. The van der Waals surface area contributed by atoms with Crippen molar-refractivity contribution in [3.8, 4) is 0 Å². The predicted molar refractivity (Wildman–Crippen MR) is 86.2 cm³/mol. The molecule has 20 heavy (non-hydrogen) atoms. The summed E-state index contributed by atoms with van der Waals surface area (Å²) in [6.45, 7) is 6.34. The van der Waals surface area contributed by atoms with E-state index in [4.69, 9.17) is 0 Å². The lowest BCUT2D eigenvalue weighted by atomic mass is 10.1. The molecule has 0 radical (unpaired) electrons. The third kappa shape index (κ3) is 4.56. The molecule has 0 amide bonds. The molecule has 0 heterocycles. The maximum absolute atomic E-state index is 14.0. The quantitative estimate of drug-likeness (QED) is 0.671. The minimum atomic E-state index is -0.0908. The first kappa shape index (κ1) is 16.0. The molecule has 2 rings (SSSR count). The molecular formula is C17H25BrFN. The van der Waals surface area contributed by atoms with E-state index < -0.39 is 0 Å². The zero-order valence-corrected chi connectivity index (χ0v) is 14.1. The van der Waals surface area contributed by atoms with Crippen LogP contribution in [0.1, 0.15) is 51.5 Å². The van der Waals surface area contributed by atoms with E-state index in [0.717, 1.165) is 23.1 Å². The molecular weight excluding hydrogens is 317 g/mol. The summed E-state index contributed by atoms with van der Waals surface area (Å²) in [5, 5.41) is 0. The normalized spacial score (nSPS) is 16.5. The van der Waals surface area contributed by atoms with Crippen LogP contribution in [0.25, 0.3) is 0 Å². The van der Waals surface area contributed by atoms with Crippen LogP contribution in [0.5, 0.6) is 0 Å². The Labute approximate surface area is 130 Å². The molecule has 1 aromatic carbocycles. The molecule has 1 saturated carbocycles. The summed E-state index contributed by atoms with van der Waals surface area (Å²) in [5.41, 5.74) is 0.823. The molecule has 0 atom stereocenters. The summed E-state index contributed by atoms with van der Waals surface area (Å²) < 4.78 is 14.9. The maximum Gasteiger partial charge on any atom is 0.128 e. The van der Waals surface area contributed by atoms with E-state index in [0.29, 0.717) is 12.0 Å². The first-order valence-corrected chi connectivity index (χ1v) is 8.53. The van der Waals surface area contributed by atoms with Crippen LogP contribution in [0.4, 0.5) is 4.39 Å². The van der Waals surface area contributed by atoms with Gasteiger partial charge in [0.15, 0.2) is 0 Å². The summed E-state index contributed by atoms with van der Waals surface area (Å²) in [6.07, 6.45) is 6.39. The molecule has 0 N–H and O–H groups in total. The van der Waals surface area contributed by atoms with Gasteiger partial charge in [-0.05, 0) is 43.9 Å². The van der Waals surface area contributed by atoms with Gasteiger partial charge in [0.2, 0.25) is 0 Å². The van der Waals surface area contributed by atoms with Gasteiger partial charge in [-0.1, -0.05) is 48.7 Å². The zero-order chi connectivity index (χ0) is 14.5. The number of halogens is 2. The summed E-state index contributed by atoms with van der Waals surface area (Å²) in [7, 11) is 0. The van der Waals surface area contributed by atoms with Crippen molar-refractivity contribution >= 4 is 15.9 Å². The van der Waals surface area contributed by atoms with Crippen molar-refractivity contribution in [3.05, 3.63) is 34.1 Å². The summed E-state index contributed by atoms with van der Waals surface area (Å²) >= 11 is 3.32. The fraction of sp³-hybridized carbons (Fsp3) is 0.647. The standard InChI is InChI=1S/C17H25BrFN/c1-13(2)9-10-20(16-5-3-4-6-16)12-14-7-8-15(18)11-17(14)19/h7-8,11,13,16H,3-6,9-10,12H2,1-2H3. The van der Waals surface area contributed by atoms with E-state index >= 15 is 0 Å². The van der Waals surface area contributed by atoms with Crippen molar-refractivity contribution in [2.75, 3.05) is 6.54 Å². The molecule has 0 spiro atoms. The summed E-state index contributed by atoms with van der Waals surface area (Å²) in [4.78, 5) is 2.50. The molecule has 0 unspecified atom stereocenters. The van der Waals surface area contributed by atoms with Crippen molar-refractivity contribution in [1.29, 1.82) is 0 Å². The SMILES string of the molecule is CC(C)CCN(Cc1ccc(Br)cc1F)C1CCCC1. The second-order valence-electron chi connectivity index (χ2n) is 6.33. The highest BCUT2D eigenvalue weighted by Gasteiger charge is 2.23. The molecule has 1 fully saturated rings. The van der Waals surface area contributed by atoms with Gasteiger partial charge in [0.05, 0.1) is 0 Å². The number of hydrogen-bond donors (Lipinski definition) is 0. The van der Waals surface area contributed by atoms with Gasteiger partial charge in [-0.25, -0.2) is 4.39 Å². The van der Waals surface area contributed by atoms with Gasteiger partial charge < -0.3 is 0 Å². The van der Waals surface area contributed by atoms with Gasteiger partial charge in [0.1, 0.15) is 5.82 Å². The lowest BCUT2D eigenvalue weighted by molar-refractivity contribution is 0.177.